The van der Waals surface area contributed by atoms with Crippen molar-refractivity contribution in [3.05, 3.63) is 15.6 Å². The van der Waals surface area contributed by atoms with Gasteiger partial charge in [-0.25, -0.2) is 4.98 Å². The molecule has 2 nitrogen and oxygen atoms in total. The monoisotopic (exact) mass is 272 g/mol. The van der Waals surface area contributed by atoms with Gasteiger partial charge in [-0.1, -0.05) is 27.7 Å². The highest BCUT2D eigenvalue weighted by Crippen LogP contribution is 2.29. The van der Waals surface area contributed by atoms with Crippen LogP contribution in [0.1, 0.15) is 55.6 Å². The molecule has 1 aromatic rings. The maximum atomic E-state index is 4.79. The molecule has 98 valence electrons. The third-order valence-electron chi connectivity index (χ3n) is 2.72. The molecule has 4 heteroatoms. The zero-order valence-corrected chi connectivity index (χ0v) is 13.2. The summed E-state index contributed by atoms with van der Waals surface area (Å²) < 4.78 is 0. The number of nitrogens with zero attached hydrogens (tertiary/aromatic N) is 1. The number of thiazole rings is 1. The lowest BCUT2D eigenvalue weighted by molar-refractivity contribution is 0.769. The number of aromatic nitrogens is 1. The molecular formula is C13H24N2S2. The maximum Gasteiger partial charge on any atom is 0.103 e. The Labute approximate surface area is 114 Å². The second-order valence-electron chi connectivity index (χ2n) is 4.63. The molecule has 0 fully saturated rings. The van der Waals surface area contributed by atoms with E-state index in [2.05, 4.69) is 33.0 Å². The smallest absolute Gasteiger partial charge is 0.103 e. The summed E-state index contributed by atoms with van der Waals surface area (Å²) in [6, 6.07) is 0. The Morgan fingerprint density at radius 2 is 2.06 bits per heavy atom. The van der Waals surface area contributed by atoms with Gasteiger partial charge >= 0.3 is 0 Å². The van der Waals surface area contributed by atoms with Gasteiger partial charge in [0.05, 0.1) is 5.69 Å². The van der Waals surface area contributed by atoms with Crippen LogP contribution in [0, 0.1) is 0 Å². The number of rotatable bonds is 7. The highest BCUT2D eigenvalue weighted by Gasteiger charge is 2.14. The van der Waals surface area contributed by atoms with Gasteiger partial charge in [-0.15, -0.1) is 11.3 Å². The quantitative estimate of drug-likeness (QED) is 0.811. The Hall–Kier alpha value is -0.0600. The maximum absolute atomic E-state index is 4.79. The molecule has 1 heterocycles. The lowest BCUT2D eigenvalue weighted by Gasteiger charge is -2.05. The van der Waals surface area contributed by atoms with Crippen LogP contribution in [0.15, 0.2) is 0 Å². The molecule has 1 N–H and O–H groups in total. The van der Waals surface area contributed by atoms with E-state index in [0.717, 1.165) is 17.5 Å². The van der Waals surface area contributed by atoms with Gasteiger partial charge in [-0.2, -0.15) is 11.8 Å². The summed E-state index contributed by atoms with van der Waals surface area (Å²) in [5.41, 5.74) is 1.28. The van der Waals surface area contributed by atoms with Gasteiger partial charge in [0.2, 0.25) is 0 Å². The molecule has 0 amide bonds. The Kier molecular flexibility index (Phi) is 6.52. The normalized spacial score (nSPS) is 13.3. The van der Waals surface area contributed by atoms with E-state index >= 15 is 0 Å². The number of thioether (sulfide) groups is 1. The molecule has 1 rings (SSSR count). The molecule has 0 aromatic carbocycles. The molecule has 1 atom stereocenters. The largest absolute Gasteiger partial charge is 0.315 e. The van der Waals surface area contributed by atoms with Crippen molar-refractivity contribution in [3.63, 3.8) is 0 Å². The van der Waals surface area contributed by atoms with Gasteiger partial charge in [0.15, 0.2) is 0 Å². The van der Waals surface area contributed by atoms with Gasteiger partial charge in [-0.3, -0.25) is 0 Å². The van der Waals surface area contributed by atoms with Gasteiger partial charge in [-0.05, 0) is 19.4 Å². The van der Waals surface area contributed by atoms with Crippen molar-refractivity contribution in [1.82, 2.24) is 10.3 Å². The minimum absolute atomic E-state index is 0.525. The third-order valence-corrected chi connectivity index (χ3v) is 5.32. The second-order valence-corrected chi connectivity index (χ2v) is 7.23. The predicted molar refractivity (Wildman–Crippen MR) is 80.0 cm³/mol. The fourth-order valence-corrected chi connectivity index (χ4v) is 3.74. The van der Waals surface area contributed by atoms with Crippen molar-refractivity contribution in [2.45, 2.75) is 57.6 Å². The van der Waals surface area contributed by atoms with E-state index in [4.69, 9.17) is 4.98 Å². The van der Waals surface area contributed by atoms with Crippen molar-refractivity contribution in [1.29, 1.82) is 0 Å². The molecular weight excluding hydrogens is 248 g/mol. The summed E-state index contributed by atoms with van der Waals surface area (Å²) in [6.07, 6.45) is 1.23. The van der Waals surface area contributed by atoms with Crippen LogP contribution in [0.5, 0.6) is 0 Å². The first kappa shape index (κ1) is 15.0. The van der Waals surface area contributed by atoms with E-state index in [-0.39, 0.29) is 0 Å². The standard InChI is InChI=1S/C13H24N2S2/c1-6-10(4)16-8-12-15-13(9(2)3)11(17-12)7-14-5/h9-10,14H,6-8H2,1-5H3. The zero-order valence-electron chi connectivity index (χ0n) is 11.5. The van der Waals surface area contributed by atoms with Crippen LogP contribution in [0.25, 0.3) is 0 Å². The molecule has 0 aliphatic rings. The highest BCUT2D eigenvalue weighted by molar-refractivity contribution is 7.99. The van der Waals surface area contributed by atoms with Crippen molar-refractivity contribution < 1.29 is 0 Å². The first-order chi connectivity index (χ1) is 8.08. The fraction of sp³-hybridized carbons (Fsp3) is 0.769. The van der Waals surface area contributed by atoms with Crippen molar-refractivity contribution >= 4 is 23.1 Å². The molecule has 0 aliphatic carbocycles. The van der Waals surface area contributed by atoms with E-state index in [9.17, 15) is 0 Å². The summed E-state index contributed by atoms with van der Waals surface area (Å²) in [5.74, 6) is 1.58. The third kappa shape index (κ3) is 4.60. The van der Waals surface area contributed by atoms with E-state index in [1.165, 1.54) is 22.0 Å². The van der Waals surface area contributed by atoms with Gasteiger partial charge < -0.3 is 5.32 Å². The van der Waals surface area contributed by atoms with Crippen LogP contribution < -0.4 is 5.32 Å². The van der Waals surface area contributed by atoms with Crippen LogP contribution in [0.3, 0.4) is 0 Å². The summed E-state index contributed by atoms with van der Waals surface area (Å²) in [4.78, 5) is 6.20. The Bertz CT molecular complexity index is 334. The molecule has 0 radical (unpaired) electrons. The SMILES string of the molecule is CCC(C)SCc1nc(C(C)C)c(CNC)s1. The molecule has 17 heavy (non-hydrogen) atoms. The molecule has 0 saturated heterocycles. The van der Waals surface area contributed by atoms with Crippen molar-refractivity contribution in [3.8, 4) is 0 Å². The Morgan fingerprint density at radius 1 is 1.35 bits per heavy atom. The fourth-order valence-electron chi connectivity index (χ4n) is 1.55. The zero-order chi connectivity index (χ0) is 12.8. The van der Waals surface area contributed by atoms with Gasteiger partial charge in [0.25, 0.3) is 0 Å². The first-order valence-electron chi connectivity index (χ1n) is 6.33. The number of hydrogen-bond donors (Lipinski definition) is 1. The van der Waals surface area contributed by atoms with E-state index < -0.39 is 0 Å². The van der Waals surface area contributed by atoms with Gasteiger partial charge in [0, 0.05) is 22.4 Å². The van der Waals surface area contributed by atoms with Crippen LogP contribution in [0.4, 0.5) is 0 Å². The molecule has 0 aliphatic heterocycles. The number of hydrogen-bond acceptors (Lipinski definition) is 4. The predicted octanol–water partition coefficient (Wildman–Crippen LogP) is 4.02. The average Bonchev–Trinajstić information content (AvgIpc) is 2.70. The lowest BCUT2D eigenvalue weighted by Crippen LogP contribution is -2.06. The minimum Gasteiger partial charge on any atom is -0.315 e. The van der Waals surface area contributed by atoms with Crippen LogP contribution >= 0.6 is 23.1 Å². The molecule has 1 unspecified atom stereocenters. The van der Waals surface area contributed by atoms with Gasteiger partial charge in [0.1, 0.15) is 5.01 Å². The molecule has 0 saturated carbocycles. The Balaban J connectivity index is 2.70. The van der Waals surface area contributed by atoms with E-state index in [0.29, 0.717) is 5.92 Å². The van der Waals surface area contributed by atoms with Crippen LogP contribution in [-0.2, 0) is 12.3 Å². The summed E-state index contributed by atoms with van der Waals surface area (Å²) in [5, 5.41) is 5.24. The van der Waals surface area contributed by atoms with Crippen molar-refractivity contribution in [2.24, 2.45) is 0 Å². The summed E-state index contributed by atoms with van der Waals surface area (Å²) >= 11 is 3.88. The summed E-state index contributed by atoms with van der Waals surface area (Å²) in [6.45, 7) is 9.92. The number of nitrogens with one attached hydrogen (secondary N) is 1. The molecule has 1 aromatic heterocycles. The minimum atomic E-state index is 0.525. The highest BCUT2D eigenvalue weighted by atomic mass is 32.2. The van der Waals surface area contributed by atoms with E-state index in [1.807, 2.05) is 30.1 Å². The first-order valence-corrected chi connectivity index (χ1v) is 8.19. The van der Waals surface area contributed by atoms with Crippen LogP contribution in [0.2, 0.25) is 0 Å². The van der Waals surface area contributed by atoms with E-state index in [1.54, 1.807) is 0 Å². The lowest BCUT2D eigenvalue weighted by atomic mass is 10.1. The Morgan fingerprint density at radius 3 is 2.59 bits per heavy atom. The van der Waals surface area contributed by atoms with Crippen LogP contribution in [-0.4, -0.2) is 17.3 Å². The van der Waals surface area contributed by atoms with Crippen molar-refractivity contribution in [2.75, 3.05) is 7.05 Å². The molecule has 0 spiro atoms. The average molecular weight is 272 g/mol. The topological polar surface area (TPSA) is 24.9 Å². The molecule has 0 bridgehead atoms. The second kappa shape index (κ2) is 7.39. The summed E-state index contributed by atoms with van der Waals surface area (Å²) in [7, 11) is 2.00.